The number of unbranched alkanes of at least 4 members (excludes halogenated alkanes) is 2. The van der Waals surface area contributed by atoms with E-state index in [0.717, 1.165) is 19.3 Å². The molecule has 14 heavy (non-hydrogen) atoms. The Kier molecular flexibility index (Phi) is 4.35. The first-order valence-electron chi connectivity index (χ1n) is 5.13. The van der Waals surface area contributed by atoms with Gasteiger partial charge in [-0.25, -0.2) is 0 Å². The molecule has 4 heteroatoms. The summed E-state index contributed by atoms with van der Waals surface area (Å²) in [6, 6.07) is 0. The van der Waals surface area contributed by atoms with Gasteiger partial charge in [-0.1, -0.05) is 12.8 Å². The van der Waals surface area contributed by atoms with Gasteiger partial charge < -0.3 is 14.9 Å². The van der Waals surface area contributed by atoms with Crippen LogP contribution >= 0.6 is 0 Å². The van der Waals surface area contributed by atoms with Crippen molar-refractivity contribution in [3.8, 4) is 0 Å². The van der Waals surface area contributed by atoms with Crippen LogP contribution in [0.3, 0.4) is 0 Å². The van der Waals surface area contributed by atoms with Gasteiger partial charge in [0.15, 0.2) is 0 Å². The highest BCUT2D eigenvalue weighted by Gasteiger charge is 2.41. The minimum absolute atomic E-state index is 0.191. The minimum Gasteiger partial charge on any atom is -0.481 e. The zero-order valence-corrected chi connectivity index (χ0v) is 8.37. The molecule has 1 aliphatic rings. The normalized spacial score (nSPS) is 26.6. The Hall–Kier alpha value is -0.610. The standard InChI is InChI=1S/C10H18O4/c11-6-3-1-2-4-10(9(12)13)5-7-14-8-10/h11H,1-8H2,(H,12,13). The van der Waals surface area contributed by atoms with E-state index in [1.807, 2.05) is 0 Å². The Balaban J connectivity index is 2.33. The molecular formula is C10H18O4. The van der Waals surface area contributed by atoms with Crippen LogP contribution in [0, 0.1) is 5.41 Å². The molecule has 4 nitrogen and oxygen atoms in total. The highest BCUT2D eigenvalue weighted by molar-refractivity contribution is 5.75. The molecule has 0 bridgehead atoms. The van der Waals surface area contributed by atoms with Crippen LogP contribution in [-0.2, 0) is 9.53 Å². The third-order valence-electron chi connectivity index (χ3n) is 2.87. The van der Waals surface area contributed by atoms with E-state index in [9.17, 15) is 4.79 Å². The Morgan fingerprint density at radius 1 is 1.36 bits per heavy atom. The van der Waals surface area contributed by atoms with Crippen molar-refractivity contribution in [3.63, 3.8) is 0 Å². The van der Waals surface area contributed by atoms with Crippen molar-refractivity contribution in [2.24, 2.45) is 5.41 Å². The topological polar surface area (TPSA) is 66.8 Å². The van der Waals surface area contributed by atoms with Gasteiger partial charge in [-0.2, -0.15) is 0 Å². The van der Waals surface area contributed by atoms with Gasteiger partial charge in [-0.05, 0) is 19.3 Å². The molecule has 1 unspecified atom stereocenters. The minimum atomic E-state index is -0.737. The summed E-state index contributed by atoms with van der Waals surface area (Å²) in [6.07, 6.45) is 3.81. The zero-order valence-electron chi connectivity index (χ0n) is 8.37. The molecule has 1 saturated heterocycles. The molecule has 1 fully saturated rings. The van der Waals surface area contributed by atoms with Gasteiger partial charge in [0.1, 0.15) is 0 Å². The Morgan fingerprint density at radius 3 is 2.64 bits per heavy atom. The molecule has 0 radical (unpaired) electrons. The quantitative estimate of drug-likeness (QED) is 0.631. The average molecular weight is 202 g/mol. The summed E-state index contributed by atoms with van der Waals surface area (Å²) in [5.41, 5.74) is -0.643. The van der Waals surface area contributed by atoms with E-state index in [2.05, 4.69) is 0 Å². The van der Waals surface area contributed by atoms with Crippen LogP contribution in [0.1, 0.15) is 32.1 Å². The third kappa shape index (κ3) is 2.69. The summed E-state index contributed by atoms with van der Waals surface area (Å²) in [5, 5.41) is 17.7. The molecule has 2 N–H and O–H groups in total. The Bertz CT molecular complexity index is 185. The molecule has 0 aromatic carbocycles. The predicted octanol–water partition coefficient (Wildman–Crippen LogP) is 1.03. The van der Waals surface area contributed by atoms with Crippen LogP contribution in [0.2, 0.25) is 0 Å². The number of ether oxygens (including phenoxy) is 1. The van der Waals surface area contributed by atoms with Gasteiger partial charge in [0, 0.05) is 13.2 Å². The smallest absolute Gasteiger partial charge is 0.312 e. The van der Waals surface area contributed by atoms with Crippen molar-refractivity contribution in [2.45, 2.75) is 32.1 Å². The molecule has 1 atom stereocenters. The Labute approximate surface area is 83.9 Å². The van der Waals surface area contributed by atoms with Crippen molar-refractivity contribution < 1.29 is 19.7 Å². The first-order valence-corrected chi connectivity index (χ1v) is 5.13. The van der Waals surface area contributed by atoms with Crippen LogP contribution in [-0.4, -0.2) is 36.0 Å². The van der Waals surface area contributed by atoms with Crippen molar-refractivity contribution >= 4 is 5.97 Å². The highest BCUT2D eigenvalue weighted by atomic mass is 16.5. The number of carboxylic acids is 1. The van der Waals surface area contributed by atoms with Crippen LogP contribution in [0.4, 0.5) is 0 Å². The second-order valence-electron chi connectivity index (χ2n) is 3.92. The van der Waals surface area contributed by atoms with Gasteiger partial charge in [-0.3, -0.25) is 4.79 Å². The second-order valence-corrected chi connectivity index (χ2v) is 3.92. The summed E-state index contributed by atoms with van der Waals surface area (Å²) >= 11 is 0. The highest BCUT2D eigenvalue weighted by Crippen LogP contribution is 2.34. The molecule has 0 aromatic heterocycles. The number of aliphatic carboxylic acids is 1. The number of aliphatic hydroxyl groups is 1. The van der Waals surface area contributed by atoms with Gasteiger partial charge in [-0.15, -0.1) is 0 Å². The number of aliphatic hydroxyl groups excluding tert-OH is 1. The first kappa shape index (κ1) is 11.5. The van der Waals surface area contributed by atoms with Gasteiger partial charge >= 0.3 is 5.97 Å². The van der Waals surface area contributed by atoms with E-state index in [-0.39, 0.29) is 6.61 Å². The molecule has 1 aliphatic heterocycles. The molecule has 0 saturated carbocycles. The number of hydrogen-bond donors (Lipinski definition) is 2. The fraction of sp³-hybridized carbons (Fsp3) is 0.900. The lowest BCUT2D eigenvalue weighted by Crippen LogP contribution is -2.31. The molecule has 1 rings (SSSR count). The first-order chi connectivity index (χ1) is 6.71. The number of rotatable bonds is 6. The van der Waals surface area contributed by atoms with Crippen molar-refractivity contribution in [3.05, 3.63) is 0 Å². The third-order valence-corrected chi connectivity index (χ3v) is 2.87. The second kappa shape index (κ2) is 5.32. The van der Waals surface area contributed by atoms with E-state index in [1.165, 1.54) is 0 Å². The van der Waals surface area contributed by atoms with Crippen LogP contribution in [0.25, 0.3) is 0 Å². The zero-order chi connectivity index (χ0) is 10.4. The number of carbonyl (C=O) groups is 1. The Morgan fingerprint density at radius 2 is 2.14 bits per heavy atom. The fourth-order valence-electron chi connectivity index (χ4n) is 1.83. The van der Waals surface area contributed by atoms with Gasteiger partial charge in [0.25, 0.3) is 0 Å². The fourth-order valence-corrected chi connectivity index (χ4v) is 1.83. The van der Waals surface area contributed by atoms with Crippen LogP contribution in [0.5, 0.6) is 0 Å². The largest absolute Gasteiger partial charge is 0.481 e. The van der Waals surface area contributed by atoms with E-state index in [0.29, 0.717) is 26.1 Å². The van der Waals surface area contributed by atoms with Crippen molar-refractivity contribution in [2.75, 3.05) is 19.8 Å². The van der Waals surface area contributed by atoms with Crippen molar-refractivity contribution in [1.82, 2.24) is 0 Å². The maximum absolute atomic E-state index is 11.1. The van der Waals surface area contributed by atoms with E-state index >= 15 is 0 Å². The SMILES string of the molecule is O=C(O)C1(CCCCCO)CCOC1. The summed E-state index contributed by atoms with van der Waals surface area (Å²) in [7, 11) is 0. The van der Waals surface area contributed by atoms with E-state index in [1.54, 1.807) is 0 Å². The van der Waals surface area contributed by atoms with Gasteiger partial charge in [0.2, 0.25) is 0 Å². The van der Waals surface area contributed by atoms with E-state index in [4.69, 9.17) is 14.9 Å². The summed E-state index contributed by atoms with van der Waals surface area (Å²) in [6.45, 7) is 1.10. The lowest BCUT2D eigenvalue weighted by molar-refractivity contribution is -0.149. The van der Waals surface area contributed by atoms with Crippen molar-refractivity contribution in [1.29, 1.82) is 0 Å². The molecular weight excluding hydrogens is 184 g/mol. The van der Waals surface area contributed by atoms with Crippen LogP contribution < -0.4 is 0 Å². The number of carboxylic acid groups (broad SMARTS) is 1. The summed E-state index contributed by atoms with van der Waals surface area (Å²) in [4.78, 5) is 11.1. The summed E-state index contributed by atoms with van der Waals surface area (Å²) < 4.78 is 5.15. The van der Waals surface area contributed by atoms with E-state index < -0.39 is 11.4 Å². The molecule has 0 spiro atoms. The maximum Gasteiger partial charge on any atom is 0.312 e. The maximum atomic E-state index is 11.1. The summed E-state index contributed by atoms with van der Waals surface area (Å²) in [5.74, 6) is -0.737. The lowest BCUT2D eigenvalue weighted by Gasteiger charge is -2.21. The molecule has 0 aromatic rings. The molecule has 0 amide bonds. The molecule has 82 valence electrons. The predicted molar refractivity (Wildman–Crippen MR) is 51.1 cm³/mol. The number of hydrogen-bond acceptors (Lipinski definition) is 3. The average Bonchev–Trinajstić information content (AvgIpc) is 2.62. The van der Waals surface area contributed by atoms with Gasteiger partial charge in [0.05, 0.1) is 12.0 Å². The monoisotopic (exact) mass is 202 g/mol. The molecule has 0 aliphatic carbocycles. The van der Waals surface area contributed by atoms with Crippen LogP contribution in [0.15, 0.2) is 0 Å². The lowest BCUT2D eigenvalue weighted by atomic mass is 9.82. The molecule has 1 heterocycles.